The van der Waals surface area contributed by atoms with Crippen LogP contribution in [0.2, 0.25) is 0 Å². The van der Waals surface area contributed by atoms with E-state index in [4.69, 9.17) is 49.2 Å². The molecule has 0 aromatic rings. The highest BCUT2D eigenvalue weighted by Gasteiger charge is 1.79. The van der Waals surface area contributed by atoms with Gasteiger partial charge in [0.05, 0.1) is 0 Å². The summed E-state index contributed by atoms with van der Waals surface area (Å²) < 4.78 is -0.750. The van der Waals surface area contributed by atoms with Gasteiger partial charge in [0.25, 0.3) is 0 Å². The molecule has 19 heavy (non-hydrogen) atoms. The summed E-state index contributed by atoms with van der Waals surface area (Å²) in [6.07, 6.45) is 0.833. The molecule has 0 atom stereocenters. The average Bonchev–Trinajstić information content (AvgIpc) is 2.29. The molecule has 0 heterocycles. The summed E-state index contributed by atoms with van der Waals surface area (Å²) in [6.45, 7) is 3.65. The zero-order valence-corrected chi connectivity index (χ0v) is 12.7. The van der Waals surface area contributed by atoms with Crippen molar-refractivity contribution >= 4 is 71.0 Å². The van der Waals surface area contributed by atoms with Crippen molar-refractivity contribution in [2.24, 2.45) is 0 Å². The lowest BCUT2D eigenvalue weighted by molar-refractivity contribution is -0.128. The minimum absolute atomic E-state index is 0.278. The van der Waals surface area contributed by atoms with Crippen molar-refractivity contribution in [3.8, 4) is 0 Å². The monoisotopic (exact) mass is 334 g/mol. The van der Waals surface area contributed by atoms with Gasteiger partial charge in [0.2, 0.25) is 0 Å². The second-order valence-corrected chi connectivity index (χ2v) is 4.41. The van der Waals surface area contributed by atoms with Crippen LogP contribution in [0.1, 0.15) is 20.8 Å². The summed E-state index contributed by atoms with van der Waals surface area (Å²) in [7, 11) is 0. The van der Waals surface area contributed by atoms with Crippen molar-refractivity contribution in [3.63, 3.8) is 0 Å². The first-order valence-corrected chi connectivity index (χ1v) is 5.65. The Kier molecular flexibility index (Phi) is 30.8. The molecule has 0 radical (unpaired) electrons. The van der Waals surface area contributed by atoms with Gasteiger partial charge in [-0.1, -0.05) is 34.8 Å². The minimum atomic E-state index is -0.750. The van der Waals surface area contributed by atoms with E-state index in [2.05, 4.69) is 0 Å². The largest absolute Gasteiger partial charge is 0.295 e. The smallest absolute Gasteiger partial charge is 0.192 e. The molecule has 0 bridgehead atoms. The zero-order valence-electron chi connectivity index (χ0n) is 10.4. The molecule has 0 aromatic carbocycles. The maximum absolute atomic E-state index is 9.44. The number of rotatable bonds is 3. The van der Waals surface area contributed by atoms with Crippen LogP contribution in [0.5, 0.6) is 0 Å². The van der Waals surface area contributed by atoms with Gasteiger partial charge >= 0.3 is 0 Å². The number of hydrogen-bond donors (Lipinski definition) is 0. The molecule has 0 aromatic heterocycles. The highest BCUT2D eigenvalue weighted by Crippen LogP contribution is 2.03. The highest BCUT2D eigenvalue weighted by atomic mass is 35.6. The van der Waals surface area contributed by atoms with Crippen molar-refractivity contribution in [2.45, 2.75) is 25.1 Å². The van der Waals surface area contributed by atoms with E-state index in [-0.39, 0.29) is 18.9 Å². The van der Waals surface area contributed by atoms with Crippen molar-refractivity contribution in [3.05, 3.63) is 0 Å². The molecule has 0 saturated heterocycles. The van der Waals surface area contributed by atoms with Gasteiger partial charge in [-0.25, -0.2) is 0 Å². The Labute approximate surface area is 125 Å². The number of ketones is 3. The molecule has 0 spiro atoms. The number of carbonyl (C=O) groups excluding carboxylic acids is 6. The van der Waals surface area contributed by atoms with Gasteiger partial charge in [-0.15, -0.1) is 0 Å². The van der Waals surface area contributed by atoms with E-state index < -0.39 is 21.6 Å². The minimum Gasteiger partial charge on any atom is -0.295 e. The Morgan fingerprint density at radius 3 is 0.737 bits per heavy atom. The molecule has 0 fully saturated rings. The highest BCUT2D eigenvalue weighted by molar-refractivity contribution is 6.63. The summed E-state index contributed by atoms with van der Waals surface area (Å²) in [5.74, 6) is -1.28. The van der Waals surface area contributed by atoms with E-state index in [0.29, 0.717) is 0 Å². The van der Waals surface area contributed by atoms with E-state index in [9.17, 15) is 14.4 Å². The van der Waals surface area contributed by atoms with E-state index >= 15 is 0 Å². The third kappa shape index (κ3) is 157. The molecule has 110 valence electrons. The summed E-state index contributed by atoms with van der Waals surface area (Å²) in [6, 6.07) is 0. The second-order valence-electron chi connectivity index (χ2n) is 2.43. The maximum atomic E-state index is 9.44. The third-order valence-corrected chi connectivity index (χ3v) is 0.498. The molecular formula is C10H13Cl3O6. The van der Waals surface area contributed by atoms with Crippen LogP contribution < -0.4 is 0 Å². The van der Waals surface area contributed by atoms with Crippen molar-refractivity contribution in [1.82, 2.24) is 0 Å². The fourth-order valence-corrected chi connectivity index (χ4v) is 0. The van der Waals surface area contributed by atoms with Gasteiger partial charge in [-0.05, 0) is 0 Å². The molecule has 0 amide bonds. The van der Waals surface area contributed by atoms with Crippen LogP contribution >= 0.6 is 34.8 Å². The van der Waals surface area contributed by atoms with E-state index in [1.807, 2.05) is 0 Å². The van der Waals surface area contributed by atoms with Gasteiger partial charge in [0.1, 0.15) is 0 Å². The third-order valence-electron chi connectivity index (χ3n) is 0.498. The van der Waals surface area contributed by atoms with Crippen molar-refractivity contribution < 1.29 is 28.8 Å². The van der Waals surface area contributed by atoms with Crippen LogP contribution in [0.4, 0.5) is 0 Å². The quantitative estimate of drug-likeness (QED) is 0.438. The summed E-state index contributed by atoms with van der Waals surface area (Å²) in [4.78, 5) is 55.8. The van der Waals surface area contributed by atoms with E-state index in [1.165, 1.54) is 20.8 Å². The first kappa shape index (κ1) is 26.5. The first-order chi connectivity index (χ1) is 8.54. The Morgan fingerprint density at radius 1 is 0.684 bits per heavy atom. The van der Waals surface area contributed by atoms with Crippen LogP contribution in [0.25, 0.3) is 0 Å². The Bertz CT molecular complexity index is 256. The number of alkyl halides is 3. The average molecular weight is 336 g/mol. The predicted molar refractivity (Wildman–Crippen MR) is 71.6 cm³/mol. The van der Waals surface area contributed by atoms with Crippen molar-refractivity contribution in [1.29, 1.82) is 0 Å². The van der Waals surface area contributed by atoms with Gasteiger partial charge in [0.15, 0.2) is 40.5 Å². The summed E-state index contributed by atoms with van der Waals surface area (Å²) in [5, 5.41) is 0. The lowest BCUT2D eigenvalue weighted by atomic mass is 10.5. The topological polar surface area (TPSA) is 102 Å². The molecule has 6 nitrogen and oxygen atoms in total. The Morgan fingerprint density at radius 2 is 0.737 bits per heavy atom. The fraction of sp³-hybridized carbons (Fsp3) is 0.400. The molecule has 0 aliphatic heterocycles. The number of hydrogen-bond acceptors (Lipinski definition) is 6. The van der Waals surface area contributed by atoms with E-state index in [1.54, 1.807) is 0 Å². The van der Waals surface area contributed by atoms with Gasteiger partial charge in [-0.2, -0.15) is 0 Å². The molecule has 0 aliphatic rings. The predicted octanol–water partition coefficient (Wildman–Crippen LogP) is 1.31. The normalized spacial score (nSPS) is 7.11. The lowest BCUT2D eigenvalue weighted by Crippen LogP contribution is -1.85. The fourth-order valence-electron chi connectivity index (χ4n) is 0. The number of halogens is 3. The summed E-state index contributed by atoms with van der Waals surface area (Å²) in [5.41, 5.74) is 0. The SMILES string of the molecule is CC(=O)C=O.CC(=O)C=O.CC(=O)C=O.ClC(Cl)Cl. The van der Waals surface area contributed by atoms with Gasteiger partial charge in [-0.3, -0.25) is 28.8 Å². The maximum Gasteiger partial charge on any atom is 0.192 e. The molecule has 0 unspecified atom stereocenters. The molecule has 0 rings (SSSR count). The van der Waals surface area contributed by atoms with Crippen LogP contribution in [-0.4, -0.2) is 40.5 Å². The van der Waals surface area contributed by atoms with Crippen LogP contribution in [-0.2, 0) is 28.8 Å². The molecule has 9 heteroatoms. The van der Waals surface area contributed by atoms with Crippen molar-refractivity contribution in [2.75, 3.05) is 0 Å². The van der Waals surface area contributed by atoms with Gasteiger partial charge < -0.3 is 0 Å². The van der Waals surface area contributed by atoms with Crippen LogP contribution in [0.3, 0.4) is 0 Å². The standard InChI is InChI=1S/3C3H4O2.CHCl3/c3*1-3(5)2-4;2-1(3)4/h3*2H,1H3;1H. The van der Waals surface area contributed by atoms with E-state index in [0.717, 1.165) is 0 Å². The molecule has 0 saturated carbocycles. The summed E-state index contributed by atoms with van der Waals surface area (Å²) >= 11 is 14.4. The zero-order chi connectivity index (χ0) is 16.4. The number of aldehydes is 3. The molecule has 0 N–H and O–H groups in total. The van der Waals surface area contributed by atoms with Crippen LogP contribution in [0, 0.1) is 0 Å². The van der Waals surface area contributed by atoms with Crippen LogP contribution in [0.15, 0.2) is 0 Å². The number of carbonyl (C=O) groups is 6. The van der Waals surface area contributed by atoms with Gasteiger partial charge in [0, 0.05) is 20.8 Å². The Hall–Kier alpha value is -1.11. The second kappa shape index (κ2) is 22.1. The Balaban J connectivity index is -0.0000000793. The lowest BCUT2D eigenvalue weighted by Gasteiger charge is -1.69. The number of Topliss-reactive ketones (excluding diaryl/α,β-unsaturated/α-hetero) is 3. The first-order valence-electron chi connectivity index (χ1n) is 4.34. The molecular weight excluding hydrogens is 322 g/mol. The molecule has 0 aliphatic carbocycles.